The number of para-hydroxylation sites is 1. The highest BCUT2D eigenvalue weighted by Crippen LogP contribution is 2.33. The number of aromatic nitrogens is 3. The number of nitrogens with one attached hydrogen (secondary N) is 2. The van der Waals surface area contributed by atoms with Gasteiger partial charge >= 0.3 is 0 Å². The van der Waals surface area contributed by atoms with E-state index in [-0.39, 0.29) is 5.95 Å². The molecule has 4 N–H and O–H groups in total. The molecule has 0 bridgehead atoms. The van der Waals surface area contributed by atoms with Gasteiger partial charge in [0.05, 0.1) is 12.9 Å². The van der Waals surface area contributed by atoms with E-state index >= 15 is 0 Å². The summed E-state index contributed by atoms with van der Waals surface area (Å²) in [6.45, 7) is 3.68. The molecule has 5 rings (SSSR count). The molecule has 1 aliphatic heterocycles. The van der Waals surface area contributed by atoms with Crippen LogP contribution in [0.25, 0.3) is 33.2 Å². The highest BCUT2D eigenvalue weighted by atomic mass is 15.2. The SMILES string of the molecule is Nc1ncc(-c2cccc(-c3c[nH]c4ccccc34)c2)c(NCCCN2C=NCC2)n1. The predicted molar refractivity (Wildman–Crippen MR) is 127 cm³/mol. The van der Waals surface area contributed by atoms with Crippen LogP contribution in [0.5, 0.6) is 0 Å². The van der Waals surface area contributed by atoms with Gasteiger partial charge in [0.25, 0.3) is 0 Å². The van der Waals surface area contributed by atoms with Gasteiger partial charge in [-0.15, -0.1) is 0 Å². The minimum Gasteiger partial charge on any atom is -0.369 e. The molecule has 0 atom stereocenters. The number of nitrogen functional groups attached to an aromatic ring is 1. The van der Waals surface area contributed by atoms with Crippen LogP contribution in [0.4, 0.5) is 11.8 Å². The van der Waals surface area contributed by atoms with Gasteiger partial charge in [-0.25, -0.2) is 4.98 Å². The number of hydrogen-bond donors (Lipinski definition) is 3. The molecule has 2 aromatic carbocycles. The number of nitrogens with zero attached hydrogens (tertiary/aromatic N) is 4. The van der Waals surface area contributed by atoms with Crippen molar-refractivity contribution in [2.45, 2.75) is 6.42 Å². The number of aromatic amines is 1. The molecule has 0 spiro atoms. The fraction of sp³-hybridized carbons (Fsp3) is 0.208. The van der Waals surface area contributed by atoms with Crippen LogP contribution < -0.4 is 11.1 Å². The number of fused-ring (bicyclic) bond motifs is 1. The first-order valence-corrected chi connectivity index (χ1v) is 10.6. The quantitative estimate of drug-likeness (QED) is 0.399. The van der Waals surface area contributed by atoms with Gasteiger partial charge in [-0.2, -0.15) is 4.98 Å². The molecule has 3 heterocycles. The van der Waals surface area contributed by atoms with E-state index in [1.807, 2.05) is 12.4 Å². The molecule has 0 aliphatic carbocycles. The normalized spacial score (nSPS) is 13.2. The van der Waals surface area contributed by atoms with Gasteiger partial charge in [0.15, 0.2) is 0 Å². The number of aliphatic imine (C=N–C) groups is 1. The zero-order valence-electron chi connectivity index (χ0n) is 17.3. The summed E-state index contributed by atoms with van der Waals surface area (Å²) >= 11 is 0. The summed E-state index contributed by atoms with van der Waals surface area (Å²) < 4.78 is 0. The third-order valence-electron chi connectivity index (χ3n) is 5.56. The summed E-state index contributed by atoms with van der Waals surface area (Å²) in [6.07, 6.45) is 6.78. The molecule has 2 aromatic heterocycles. The fourth-order valence-electron chi connectivity index (χ4n) is 3.98. The topological polar surface area (TPSA) is 95.2 Å². The Morgan fingerprint density at radius 3 is 2.81 bits per heavy atom. The highest BCUT2D eigenvalue weighted by molar-refractivity contribution is 5.96. The minimum absolute atomic E-state index is 0.269. The molecule has 0 radical (unpaired) electrons. The smallest absolute Gasteiger partial charge is 0.221 e. The average molecular weight is 412 g/mol. The first-order valence-electron chi connectivity index (χ1n) is 10.6. The number of hydrogen-bond acceptors (Lipinski definition) is 6. The van der Waals surface area contributed by atoms with E-state index in [0.717, 1.165) is 60.6 Å². The summed E-state index contributed by atoms with van der Waals surface area (Å²) in [4.78, 5) is 18.6. The third kappa shape index (κ3) is 4.07. The van der Waals surface area contributed by atoms with E-state index in [1.165, 1.54) is 10.9 Å². The molecule has 31 heavy (non-hydrogen) atoms. The second kappa shape index (κ2) is 8.47. The first-order chi connectivity index (χ1) is 15.3. The Morgan fingerprint density at radius 1 is 1.06 bits per heavy atom. The molecule has 4 aromatic rings. The van der Waals surface area contributed by atoms with Crippen LogP contribution in [0.3, 0.4) is 0 Å². The number of anilines is 2. The zero-order valence-corrected chi connectivity index (χ0v) is 17.3. The number of benzene rings is 2. The van der Waals surface area contributed by atoms with Gasteiger partial charge in [-0.3, -0.25) is 4.99 Å². The summed E-state index contributed by atoms with van der Waals surface area (Å²) in [6, 6.07) is 16.8. The maximum Gasteiger partial charge on any atom is 0.221 e. The minimum atomic E-state index is 0.269. The van der Waals surface area contributed by atoms with E-state index in [0.29, 0.717) is 0 Å². The number of H-pyrrole nitrogens is 1. The van der Waals surface area contributed by atoms with E-state index in [9.17, 15) is 0 Å². The fourth-order valence-corrected chi connectivity index (χ4v) is 3.98. The van der Waals surface area contributed by atoms with E-state index in [2.05, 4.69) is 78.8 Å². The van der Waals surface area contributed by atoms with Gasteiger partial charge in [-0.1, -0.05) is 36.4 Å². The van der Waals surface area contributed by atoms with Crippen LogP contribution in [0, 0.1) is 0 Å². The van der Waals surface area contributed by atoms with Crippen molar-refractivity contribution < 1.29 is 0 Å². The first kappa shape index (κ1) is 19.1. The van der Waals surface area contributed by atoms with Crippen LogP contribution >= 0.6 is 0 Å². The second-order valence-electron chi connectivity index (χ2n) is 7.66. The highest BCUT2D eigenvalue weighted by Gasteiger charge is 2.12. The summed E-state index contributed by atoms with van der Waals surface area (Å²) in [7, 11) is 0. The van der Waals surface area contributed by atoms with Crippen LogP contribution in [-0.4, -0.2) is 52.4 Å². The van der Waals surface area contributed by atoms with Crippen molar-refractivity contribution in [2.24, 2.45) is 4.99 Å². The molecule has 7 nitrogen and oxygen atoms in total. The molecular weight excluding hydrogens is 386 g/mol. The molecule has 0 fully saturated rings. The maximum absolute atomic E-state index is 5.89. The Hall–Kier alpha value is -3.87. The molecule has 156 valence electrons. The van der Waals surface area contributed by atoms with Crippen molar-refractivity contribution in [3.63, 3.8) is 0 Å². The molecule has 0 saturated carbocycles. The Morgan fingerprint density at radius 2 is 1.94 bits per heavy atom. The maximum atomic E-state index is 5.89. The predicted octanol–water partition coefficient (Wildman–Crippen LogP) is 4.02. The number of rotatable bonds is 7. The molecule has 7 heteroatoms. The van der Waals surface area contributed by atoms with Crippen LogP contribution in [0.15, 0.2) is 65.9 Å². The molecular formula is C24H25N7. The lowest BCUT2D eigenvalue weighted by atomic mass is 9.99. The Balaban J connectivity index is 1.39. The van der Waals surface area contributed by atoms with Crippen LogP contribution in [0.2, 0.25) is 0 Å². The standard InChI is InChI=1S/C24H25N7/c25-24-29-15-21(23(30-24)27-9-4-11-31-12-10-26-16-31)18-6-3-5-17(13-18)20-14-28-22-8-2-1-7-19(20)22/h1-3,5-8,13-16,28H,4,9-12H2,(H3,25,27,29,30). The molecule has 0 unspecified atom stereocenters. The molecule has 1 aliphatic rings. The van der Waals surface area contributed by atoms with Crippen molar-refractivity contribution in [1.82, 2.24) is 19.9 Å². The van der Waals surface area contributed by atoms with Crippen molar-refractivity contribution in [2.75, 3.05) is 37.2 Å². The van der Waals surface area contributed by atoms with Crippen LogP contribution in [0.1, 0.15) is 6.42 Å². The zero-order chi connectivity index (χ0) is 21.0. The lowest BCUT2D eigenvalue weighted by molar-refractivity contribution is 0.461. The summed E-state index contributed by atoms with van der Waals surface area (Å²) in [5.74, 6) is 1.03. The lowest BCUT2D eigenvalue weighted by Gasteiger charge is -2.15. The van der Waals surface area contributed by atoms with Gasteiger partial charge in [0.1, 0.15) is 5.82 Å². The third-order valence-corrected chi connectivity index (χ3v) is 5.56. The Bertz CT molecular complexity index is 1230. The van der Waals surface area contributed by atoms with Gasteiger partial charge in [-0.05, 0) is 29.7 Å². The second-order valence-corrected chi connectivity index (χ2v) is 7.66. The van der Waals surface area contributed by atoms with Gasteiger partial charge in [0.2, 0.25) is 5.95 Å². The van der Waals surface area contributed by atoms with Gasteiger partial charge < -0.3 is 20.9 Å². The Labute approximate surface area is 181 Å². The largest absolute Gasteiger partial charge is 0.369 e. The van der Waals surface area contributed by atoms with Crippen molar-refractivity contribution in [3.05, 3.63) is 60.9 Å². The Kier molecular flexibility index (Phi) is 5.22. The van der Waals surface area contributed by atoms with E-state index < -0.39 is 0 Å². The van der Waals surface area contributed by atoms with Crippen molar-refractivity contribution >= 4 is 29.0 Å². The van der Waals surface area contributed by atoms with E-state index in [1.54, 1.807) is 6.20 Å². The van der Waals surface area contributed by atoms with Crippen molar-refractivity contribution in [3.8, 4) is 22.3 Å². The van der Waals surface area contributed by atoms with Gasteiger partial charge in [0, 0.05) is 54.1 Å². The average Bonchev–Trinajstić information content (AvgIpc) is 3.47. The monoisotopic (exact) mass is 411 g/mol. The van der Waals surface area contributed by atoms with Crippen LogP contribution in [-0.2, 0) is 0 Å². The van der Waals surface area contributed by atoms with E-state index in [4.69, 9.17) is 5.73 Å². The molecule has 0 saturated heterocycles. The summed E-state index contributed by atoms with van der Waals surface area (Å²) in [5, 5.41) is 4.66. The number of nitrogens with two attached hydrogens (primary N) is 1. The lowest BCUT2D eigenvalue weighted by Crippen LogP contribution is -2.22. The van der Waals surface area contributed by atoms with Crippen molar-refractivity contribution in [1.29, 1.82) is 0 Å². The summed E-state index contributed by atoms with van der Waals surface area (Å²) in [5.41, 5.74) is 11.3. The molecule has 0 amide bonds.